The van der Waals surface area contributed by atoms with Crippen molar-refractivity contribution in [3.8, 4) is 5.75 Å². The third-order valence-electron chi connectivity index (χ3n) is 4.59. The molecular weight excluding hydrogens is 380 g/mol. The highest BCUT2D eigenvalue weighted by atomic mass is 16.5. The molecule has 3 aromatic rings. The van der Waals surface area contributed by atoms with Gasteiger partial charge in [-0.1, -0.05) is 32.0 Å². The van der Waals surface area contributed by atoms with E-state index in [0.717, 1.165) is 24.2 Å². The minimum absolute atomic E-state index is 0.179. The molecule has 0 aliphatic rings. The Morgan fingerprint density at radius 3 is 2.43 bits per heavy atom. The zero-order chi connectivity index (χ0) is 21.5. The molecule has 1 aromatic heterocycles. The Balaban J connectivity index is 1.84. The van der Waals surface area contributed by atoms with Crippen LogP contribution in [0.5, 0.6) is 5.75 Å². The van der Waals surface area contributed by atoms with E-state index in [1.54, 1.807) is 24.3 Å². The summed E-state index contributed by atoms with van der Waals surface area (Å²) in [5, 5.41) is 9.48. The lowest BCUT2D eigenvalue weighted by Crippen LogP contribution is -2.29. The molecule has 0 spiro atoms. The second-order valence-electron chi connectivity index (χ2n) is 6.93. The number of ether oxygens (including phenoxy) is 1. The quantitative estimate of drug-likeness (QED) is 0.456. The van der Waals surface area contributed by atoms with Crippen LogP contribution in [0.3, 0.4) is 0 Å². The first-order valence-corrected chi connectivity index (χ1v) is 10.1. The van der Waals surface area contributed by atoms with Gasteiger partial charge in [-0.2, -0.15) is 10.2 Å². The predicted molar refractivity (Wildman–Crippen MR) is 118 cm³/mol. The van der Waals surface area contributed by atoms with Gasteiger partial charge in [0, 0.05) is 11.9 Å². The van der Waals surface area contributed by atoms with Gasteiger partial charge in [-0.3, -0.25) is 9.59 Å². The molecular formula is C23H26N4O3. The fourth-order valence-corrected chi connectivity index (χ4v) is 3.03. The number of aryl methyl sites for hydroxylation is 1. The lowest BCUT2D eigenvalue weighted by Gasteiger charge is -2.10. The molecule has 1 N–H and O–H groups in total. The highest BCUT2D eigenvalue weighted by Crippen LogP contribution is 2.15. The summed E-state index contributed by atoms with van der Waals surface area (Å²) >= 11 is 0. The highest BCUT2D eigenvalue weighted by molar-refractivity contribution is 6.06. The second-order valence-corrected chi connectivity index (χ2v) is 6.93. The van der Waals surface area contributed by atoms with Crippen molar-refractivity contribution in [3.63, 3.8) is 0 Å². The van der Waals surface area contributed by atoms with E-state index in [0.29, 0.717) is 29.6 Å². The third-order valence-corrected chi connectivity index (χ3v) is 4.59. The Hall–Kier alpha value is -3.48. The summed E-state index contributed by atoms with van der Waals surface area (Å²) in [4.78, 5) is 25.4. The topological polar surface area (TPSA) is 85.6 Å². The average Bonchev–Trinajstić information content (AvgIpc) is 2.78. The van der Waals surface area contributed by atoms with Crippen LogP contribution in [-0.2, 0) is 6.54 Å². The highest BCUT2D eigenvalue weighted by Gasteiger charge is 2.16. The first-order chi connectivity index (χ1) is 14.5. The summed E-state index contributed by atoms with van der Waals surface area (Å²) in [7, 11) is 0. The molecule has 1 heterocycles. The summed E-state index contributed by atoms with van der Waals surface area (Å²) in [6, 6.07) is 14.5. The van der Waals surface area contributed by atoms with Gasteiger partial charge in [-0.25, -0.2) is 10.1 Å². The maximum absolute atomic E-state index is 12.8. The van der Waals surface area contributed by atoms with Crippen LogP contribution < -0.4 is 15.7 Å². The molecule has 3 rings (SSSR count). The molecule has 7 nitrogen and oxygen atoms in total. The summed E-state index contributed by atoms with van der Waals surface area (Å²) in [5.41, 5.74) is 4.06. The summed E-state index contributed by atoms with van der Waals surface area (Å²) in [6.07, 6.45) is 1.68. The Morgan fingerprint density at radius 2 is 1.77 bits per heavy atom. The van der Waals surface area contributed by atoms with Gasteiger partial charge in [0.15, 0.2) is 5.69 Å². The van der Waals surface area contributed by atoms with Crippen LogP contribution in [0.4, 0.5) is 0 Å². The first kappa shape index (κ1) is 21.2. The van der Waals surface area contributed by atoms with E-state index >= 15 is 0 Å². The lowest BCUT2D eigenvalue weighted by atomic mass is 10.1. The number of rotatable bonds is 8. The van der Waals surface area contributed by atoms with Crippen molar-refractivity contribution in [1.82, 2.24) is 15.2 Å². The number of amides is 1. The van der Waals surface area contributed by atoms with Gasteiger partial charge in [0.2, 0.25) is 0 Å². The van der Waals surface area contributed by atoms with Gasteiger partial charge in [-0.15, -0.1) is 0 Å². The van der Waals surface area contributed by atoms with E-state index in [-0.39, 0.29) is 11.3 Å². The number of hydrazone groups is 1. The molecule has 0 bridgehead atoms. The Labute approximate surface area is 175 Å². The number of benzene rings is 2. The fourth-order valence-electron chi connectivity index (χ4n) is 3.03. The van der Waals surface area contributed by atoms with Crippen LogP contribution in [0.1, 0.15) is 49.7 Å². The van der Waals surface area contributed by atoms with Gasteiger partial charge in [0.1, 0.15) is 5.75 Å². The van der Waals surface area contributed by atoms with Gasteiger partial charge < -0.3 is 4.74 Å². The third kappa shape index (κ3) is 4.74. The number of carbonyl (C=O) groups is 1. The van der Waals surface area contributed by atoms with E-state index in [1.165, 1.54) is 4.68 Å². The fraction of sp³-hybridized carbons (Fsp3) is 0.304. The number of aromatic nitrogens is 2. The monoisotopic (exact) mass is 406 g/mol. The summed E-state index contributed by atoms with van der Waals surface area (Å²) < 4.78 is 6.92. The van der Waals surface area contributed by atoms with E-state index in [9.17, 15) is 9.59 Å². The molecule has 0 atom stereocenters. The average molecular weight is 406 g/mol. The second kappa shape index (κ2) is 9.82. The van der Waals surface area contributed by atoms with Crippen molar-refractivity contribution >= 4 is 22.4 Å². The van der Waals surface area contributed by atoms with Crippen LogP contribution in [0.2, 0.25) is 0 Å². The van der Waals surface area contributed by atoms with E-state index in [4.69, 9.17) is 4.74 Å². The molecule has 1 amide bonds. The van der Waals surface area contributed by atoms with Crippen molar-refractivity contribution < 1.29 is 9.53 Å². The van der Waals surface area contributed by atoms with Crippen molar-refractivity contribution in [2.75, 3.05) is 6.61 Å². The Kier molecular flexibility index (Phi) is 6.95. The molecule has 0 saturated heterocycles. The van der Waals surface area contributed by atoms with Crippen molar-refractivity contribution in [3.05, 3.63) is 70.1 Å². The minimum Gasteiger partial charge on any atom is -0.494 e. The molecule has 7 heteroatoms. The number of carbonyl (C=O) groups excluding carboxylic acids is 1. The summed E-state index contributed by atoms with van der Waals surface area (Å²) in [6.45, 7) is 6.93. The number of nitrogens with zero attached hydrogens (tertiary/aromatic N) is 3. The molecule has 0 aliphatic heterocycles. The van der Waals surface area contributed by atoms with Crippen LogP contribution >= 0.6 is 0 Å². The van der Waals surface area contributed by atoms with Crippen molar-refractivity contribution in [2.24, 2.45) is 5.10 Å². The predicted octanol–water partition coefficient (Wildman–Crippen LogP) is 3.75. The van der Waals surface area contributed by atoms with Gasteiger partial charge in [-0.05, 0) is 55.7 Å². The van der Waals surface area contributed by atoms with E-state index in [2.05, 4.69) is 22.5 Å². The maximum Gasteiger partial charge on any atom is 0.292 e. The molecule has 0 aliphatic carbocycles. The number of fused-ring (bicyclic) bond motifs is 1. The maximum atomic E-state index is 12.8. The number of hydrogen-bond donors (Lipinski definition) is 1. The zero-order valence-corrected chi connectivity index (χ0v) is 17.5. The van der Waals surface area contributed by atoms with Crippen molar-refractivity contribution in [2.45, 2.75) is 40.2 Å². The van der Waals surface area contributed by atoms with Gasteiger partial charge in [0.25, 0.3) is 11.5 Å². The molecule has 0 saturated carbocycles. The molecule has 0 fully saturated rings. The Morgan fingerprint density at radius 1 is 1.07 bits per heavy atom. The van der Waals surface area contributed by atoms with Crippen LogP contribution in [0.15, 0.2) is 58.4 Å². The largest absolute Gasteiger partial charge is 0.494 e. The number of hydrogen-bond acceptors (Lipinski definition) is 5. The smallest absolute Gasteiger partial charge is 0.292 e. The van der Waals surface area contributed by atoms with Crippen LogP contribution in [0.25, 0.3) is 10.8 Å². The first-order valence-electron chi connectivity index (χ1n) is 10.1. The Bertz CT molecular complexity index is 1120. The number of nitrogens with one attached hydrogen (secondary N) is 1. The van der Waals surface area contributed by atoms with Gasteiger partial charge in [0.05, 0.1) is 17.7 Å². The lowest BCUT2D eigenvalue weighted by molar-refractivity contribution is 0.0949. The molecule has 156 valence electrons. The SMILES string of the molecule is CCCOc1ccc(/C(C)=N/NC(=O)c2nn(CCC)c(=O)c3ccccc23)cc1. The van der Waals surface area contributed by atoms with Crippen LogP contribution in [0, 0.1) is 0 Å². The molecule has 0 unspecified atom stereocenters. The minimum atomic E-state index is -0.460. The normalized spacial score (nSPS) is 11.5. The van der Waals surface area contributed by atoms with E-state index < -0.39 is 5.91 Å². The molecule has 0 radical (unpaired) electrons. The molecule has 2 aromatic carbocycles. The molecule has 30 heavy (non-hydrogen) atoms. The van der Waals surface area contributed by atoms with Crippen molar-refractivity contribution in [1.29, 1.82) is 0 Å². The zero-order valence-electron chi connectivity index (χ0n) is 17.5. The van der Waals surface area contributed by atoms with Crippen LogP contribution in [-0.4, -0.2) is 28.0 Å². The summed E-state index contributed by atoms with van der Waals surface area (Å²) in [5.74, 6) is 0.338. The van der Waals surface area contributed by atoms with E-state index in [1.807, 2.05) is 38.1 Å². The standard InChI is InChI=1S/C23H26N4O3/c1-4-14-27-23(29)20-9-7-6-8-19(20)21(26-27)22(28)25-24-16(3)17-10-12-18(13-11-17)30-15-5-2/h6-13H,4-5,14-15H2,1-3H3,(H,25,28)/b24-16+. The van der Waals surface area contributed by atoms with Gasteiger partial charge >= 0.3 is 0 Å².